The number of hydrogen-bond donors (Lipinski definition) is 0. The number of amides is 2. The summed E-state index contributed by atoms with van der Waals surface area (Å²) in [6.45, 7) is 7.34. The first kappa shape index (κ1) is 25.7. The topological polar surface area (TPSA) is 48.8 Å². The monoisotopic (exact) mass is 528 g/mol. The average Bonchev–Trinajstić information content (AvgIpc) is 3.27. The van der Waals surface area contributed by atoms with Crippen LogP contribution in [0.5, 0.6) is 0 Å². The van der Waals surface area contributed by atoms with Gasteiger partial charge in [-0.2, -0.15) is 0 Å². The lowest BCUT2D eigenvalue weighted by molar-refractivity contribution is -0.0495. The van der Waals surface area contributed by atoms with E-state index in [9.17, 15) is 18.4 Å². The van der Waals surface area contributed by atoms with Crippen LogP contribution in [0.1, 0.15) is 47.5 Å². The molecule has 1 aromatic heterocycles. The molecule has 2 aliphatic heterocycles. The van der Waals surface area contributed by atoms with Gasteiger partial charge >= 0.3 is 0 Å². The molecule has 9 heteroatoms. The van der Waals surface area contributed by atoms with Crippen molar-refractivity contribution in [1.82, 2.24) is 19.3 Å². The molecule has 0 unspecified atom stereocenters. The van der Waals surface area contributed by atoms with Gasteiger partial charge in [-0.05, 0) is 62.4 Å². The van der Waals surface area contributed by atoms with Gasteiger partial charge in [0.1, 0.15) is 5.69 Å². The van der Waals surface area contributed by atoms with Gasteiger partial charge in [-0.3, -0.25) is 14.5 Å². The van der Waals surface area contributed by atoms with E-state index >= 15 is 0 Å². The van der Waals surface area contributed by atoms with E-state index in [0.29, 0.717) is 35.4 Å². The van der Waals surface area contributed by atoms with E-state index in [2.05, 4.69) is 18.7 Å². The molecular formula is C28H31ClF2N4O2. The molecule has 2 aromatic carbocycles. The molecule has 5 rings (SSSR count). The van der Waals surface area contributed by atoms with Crippen LogP contribution in [0.25, 0.3) is 16.6 Å². The second kappa shape index (κ2) is 10.1. The molecule has 0 bridgehead atoms. The quantitative estimate of drug-likeness (QED) is 0.460. The lowest BCUT2D eigenvalue weighted by atomic mass is 10.1. The minimum absolute atomic E-state index is 0.0000667. The van der Waals surface area contributed by atoms with E-state index in [1.165, 1.54) is 4.90 Å². The van der Waals surface area contributed by atoms with Crippen molar-refractivity contribution < 1.29 is 18.4 Å². The second-order valence-electron chi connectivity index (χ2n) is 10.2. The van der Waals surface area contributed by atoms with E-state index in [4.69, 9.17) is 11.6 Å². The molecule has 2 amide bonds. The zero-order chi connectivity index (χ0) is 26.3. The number of piperazine rings is 1. The van der Waals surface area contributed by atoms with Gasteiger partial charge in [0.05, 0.1) is 5.52 Å². The predicted molar refractivity (Wildman–Crippen MR) is 141 cm³/mol. The number of halogens is 3. The van der Waals surface area contributed by atoms with E-state index in [1.54, 1.807) is 24.3 Å². The van der Waals surface area contributed by atoms with Crippen LogP contribution >= 0.6 is 11.6 Å². The van der Waals surface area contributed by atoms with E-state index in [1.807, 2.05) is 33.7 Å². The van der Waals surface area contributed by atoms with Crippen molar-refractivity contribution in [1.29, 1.82) is 0 Å². The summed E-state index contributed by atoms with van der Waals surface area (Å²) in [5, 5.41) is 1.31. The fourth-order valence-corrected chi connectivity index (χ4v) is 5.32. The van der Waals surface area contributed by atoms with Crippen molar-refractivity contribution in [2.45, 2.75) is 38.7 Å². The van der Waals surface area contributed by atoms with Crippen molar-refractivity contribution in [2.24, 2.45) is 0 Å². The number of hydrogen-bond acceptors (Lipinski definition) is 3. The van der Waals surface area contributed by atoms with E-state index in [0.717, 1.165) is 29.7 Å². The van der Waals surface area contributed by atoms with Gasteiger partial charge in [-0.25, -0.2) is 8.78 Å². The Bertz CT molecular complexity index is 1300. The van der Waals surface area contributed by atoms with Crippen molar-refractivity contribution >= 4 is 34.3 Å². The Morgan fingerprint density at radius 2 is 1.46 bits per heavy atom. The van der Waals surface area contributed by atoms with Gasteiger partial charge < -0.3 is 14.4 Å². The van der Waals surface area contributed by atoms with Gasteiger partial charge in [0, 0.05) is 79.8 Å². The Labute approximate surface area is 220 Å². The first-order chi connectivity index (χ1) is 17.6. The molecule has 6 nitrogen and oxygen atoms in total. The fraction of sp³-hybridized carbons (Fsp3) is 0.429. The molecule has 0 N–H and O–H groups in total. The van der Waals surface area contributed by atoms with Crippen LogP contribution < -0.4 is 0 Å². The van der Waals surface area contributed by atoms with Gasteiger partial charge in [-0.1, -0.05) is 11.6 Å². The first-order valence-corrected chi connectivity index (χ1v) is 13.1. The summed E-state index contributed by atoms with van der Waals surface area (Å²) in [6.07, 6.45) is -0.689. The van der Waals surface area contributed by atoms with Crippen molar-refractivity contribution in [3.8, 4) is 5.69 Å². The summed E-state index contributed by atoms with van der Waals surface area (Å²) < 4.78 is 29.3. The number of alkyl halides is 2. The normalized spacial score (nSPS) is 18.5. The number of benzene rings is 2. The minimum atomic E-state index is -2.74. The van der Waals surface area contributed by atoms with Gasteiger partial charge in [0.15, 0.2) is 0 Å². The van der Waals surface area contributed by atoms with Gasteiger partial charge in [0.25, 0.3) is 17.7 Å². The van der Waals surface area contributed by atoms with Crippen LogP contribution in [-0.2, 0) is 0 Å². The van der Waals surface area contributed by atoms with Crippen molar-refractivity contribution in [2.75, 3.05) is 39.3 Å². The summed E-state index contributed by atoms with van der Waals surface area (Å²) in [4.78, 5) is 32.6. The van der Waals surface area contributed by atoms with Crippen molar-refractivity contribution in [3.63, 3.8) is 0 Å². The standard InChI is InChI=1S/C28H31ClF2N4O2/c1-19(2)32-13-15-34(16-14-32)26(36)20-3-8-24-21(17-20)18-25(35(24)23-6-4-22(29)5-7-23)27(37)33-11-9-28(30,31)10-12-33/h3-8,17-19H,9-16H2,1-2H3. The molecule has 3 aromatic rings. The highest BCUT2D eigenvalue weighted by Crippen LogP contribution is 2.31. The number of rotatable bonds is 4. The summed E-state index contributed by atoms with van der Waals surface area (Å²) in [5.74, 6) is -3.08. The lowest BCUT2D eigenvalue weighted by Gasteiger charge is -2.37. The maximum absolute atomic E-state index is 13.7. The maximum Gasteiger partial charge on any atom is 0.270 e. The zero-order valence-electron chi connectivity index (χ0n) is 21.1. The number of nitrogens with zero attached hydrogens (tertiary/aromatic N) is 4. The second-order valence-corrected chi connectivity index (χ2v) is 10.6. The minimum Gasteiger partial charge on any atom is -0.337 e. The number of fused-ring (bicyclic) bond motifs is 1. The van der Waals surface area contributed by atoms with Crippen LogP contribution in [-0.4, -0.2) is 82.3 Å². The molecular weight excluding hydrogens is 498 g/mol. The Hall–Kier alpha value is -2.97. The number of piperidine rings is 1. The van der Waals surface area contributed by atoms with Crippen molar-refractivity contribution in [3.05, 3.63) is 64.8 Å². The zero-order valence-corrected chi connectivity index (χ0v) is 21.8. The third-order valence-corrected chi connectivity index (χ3v) is 7.72. The molecule has 0 atom stereocenters. The largest absolute Gasteiger partial charge is 0.337 e. The van der Waals surface area contributed by atoms with Gasteiger partial charge in [0.2, 0.25) is 0 Å². The molecule has 0 aliphatic carbocycles. The Morgan fingerprint density at radius 3 is 2.08 bits per heavy atom. The van der Waals surface area contributed by atoms with E-state index < -0.39 is 5.92 Å². The molecule has 3 heterocycles. The number of carbonyl (C=O) groups is 2. The third kappa shape index (κ3) is 5.22. The summed E-state index contributed by atoms with van der Waals surface area (Å²) in [6, 6.07) is 14.8. The number of likely N-dealkylation sites (tertiary alicyclic amines) is 1. The Balaban J connectivity index is 1.49. The third-order valence-electron chi connectivity index (χ3n) is 7.47. The van der Waals surface area contributed by atoms with Gasteiger partial charge in [-0.15, -0.1) is 0 Å². The highest BCUT2D eigenvalue weighted by molar-refractivity contribution is 6.30. The van der Waals surface area contributed by atoms with E-state index in [-0.39, 0.29) is 37.7 Å². The van der Waals surface area contributed by atoms with Crippen LogP contribution in [0.2, 0.25) is 5.02 Å². The lowest BCUT2D eigenvalue weighted by Crippen LogP contribution is -2.50. The SMILES string of the molecule is CC(C)N1CCN(C(=O)c2ccc3c(c2)cc(C(=O)N2CCC(F)(F)CC2)n3-c2ccc(Cl)cc2)CC1. The summed E-state index contributed by atoms with van der Waals surface area (Å²) in [5.41, 5.74) is 2.43. The molecule has 2 fully saturated rings. The molecule has 196 valence electrons. The first-order valence-electron chi connectivity index (χ1n) is 12.7. The number of carbonyl (C=O) groups excluding carboxylic acids is 2. The Kier molecular flexibility index (Phi) is 6.98. The summed E-state index contributed by atoms with van der Waals surface area (Å²) >= 11 is 6.10. The number of aromatic nitrogens is 1. The van der Waals surface area contributed by atoms with Crippen LogP contribution in [0.4, 0.5) is 8.78 Å². The average molecular weight is 529 g/mol. The Morgan fingerprint density at radius 1 is 0.838 bits per heavy atom. The molecule has 0 saturated carbocycles. The predicted octanol–water partition coefficient (Wildman–Crippen LogP) is 5.32. The summed E-state index contributed by atoms with van der Waals surface area (Å²) in [7, 11) is 0. The molecule has 2 saturated heterocycles. The highest BCUT2D eigenvalue weighted by atomic mass is 35.5. The molecule has 0 spiro atoms. The molecule has 37 heavy (non-hydrogen) atoms. The smallest absolute Gasteiger partial charge is 0.270 e. The maximum atomic E-state index is 13.7. The fourth-order valence-electron chi connectivity index (χ4n) is 5.20. The van der Waals surface area contributed by atoms with Crippen LogP contribution in [0.15, 0.2) is 48.5 Å². The highest BCUT2D eigenvalue weighted by Gasteiger charge is 2.36. The van der Waals surface area contributed by atoms with Crippen LogP contribution in [0, 0.1) is 0 Å². The molecule has 2 aliphatic rings. The molecule has 0 radical (unpaired) electrons. The van der Waals surface area contributed by atoms with Crippen LogP contribution in [0.3, 0.4) is 0 Å².